The van der Waals surface area contributed by atoms with Crippen LogP contribution < -0.4 is 0 Å². The number of carbonyl (C=O) groups excluding carboxylic acids is 2. The molecule has 1 aliphatic carbocycles. The molecule has 0 heterocycles. The summed E-state index contributed by atoms with van der Waals surface area (Å²) in [6.45, 7) is 1.44. The van der Waals surface area contributed by atoms with E-state index < -0.39 is 14.6 Å². The Morgan fingerprint density at radius 2 is 1.74 bits per heavy atom. The summed E-state index contributed by atoms with van der Waals surface area (Å²) in [4.78, 5) is 24.5. The summed E-state index contributed by atoms with van der Waals surface area (Å²) in [6.07, 6.45) is 4.14. The molecule has 4 nitrogen and oxygen atoms in total. The first-order valence-electron chi connectivity index (χ1n) is 8.22. The number of benzene rings is 1. The minimum atomic E-state index is -3.81. The molecule has 5 heteroatoms. The molecule has 0 aromatic heterocycles. The molecule has 1 aromatic carbocycles. The Balaban J connectivity index is 2.51. The molecule has 1 aromatic rings. The zero-order valence-corrected chi connectivity index (χ0v) is 14.4. The van der Waals surface area contributed by atoms with Crippen LogP contribution in [0.3, 0.4) is 0 Å². The zero-order valence-electron chi connectivity index (χ0n) is 13.6. The number of Topliss-reactive ketones (excluding diaryl/α,β-unsaturated/α-hetero) is 2. The van der Waals surface area contributed by atoms with E-state index in [-0.39, 0.29) is 35.7 Å². The van der Waals surface area contributed by atoms with E-state index >= 15 is 0 Å². The van der Waals surface area contributed by atoms with Crippen LogP contribution in [-0.4, -0.2) is 24.7 Å². The van der Waals surface area contributed by atoms with Gasteiger partial charge in [-0.1, -0.05) is 37.5 Å². The third kappa shape index (κ3) is 3.71. The molecule has 0 aliphatic heterocycles. The van der Waals surface area contributed by atoms with Crippen molar-refractivity contribution >= 4 is 21.4 Å². The highest BCUT2D eigenvalue weighted by molar-refractivity contribution is 7.93. The molecule has 0 N–H and O–H groups in total. The first kappa shape index (κ1) is 17.9. The summed E-state index contributed by atoms with van der Waals surface area (Å²) >= 11 is 0. The van der Waals surface area contributed by atoms with Crippen molar-refractivity contribution in [2.24, 2.45) is 0 Å². The summed E-state index contributed by atoms with van der Waals surface area (Å²) in [6, 6.07) is 8.16. The van der Waals surface area contributed by atoms with E-state index in [2.05, 4.69) is 0 Å². The van der Waals surface area contributed by atoms with E-state index in [9.17, 15) is 18.0 Å². The zero-order chi connectivity index (χ0) is 16.9. The van der Waals surface area contributed by atoms with Crippen LogP contribution in [-0.2, 0) is 19.4 Å². The van der Waals surface area contributed by atoms with Crippen molar-refractivity contribution in [3.63, 3.8) is 0 Å². The van der Waals surface area contributed by atoms with Gasteiger partial charge in [-0.3, -0.25) is 4.79 Å². The number of sulfone groups is 1. The highest BCUT2D eigenvalue weighted by Crippen LogP contribution is 2.38. The number of hydrogen-bond acceptors (Lipinski definition) is 4. The number of ketones is 2. The Bertz CT molecular complexity index is 664. The van der Waals surface area contributed by atoms with Gasteiger partial charge in [0, 0.05) is 12.8 Å². The van der Waals surface area contributed by atoms with Gasteiger partial charge in [-0.15, -0.1) is 0 Å². The van der Waals surface area contributed by atoms with Gasteiger partial charge in [-0.2, -0.15) is 0 Å². The van der Waals surface area contributed by atoms with Gasteiger partial charge in [-0.25, -0.2) is 8.42 Å². The fraction of sp³-hybridized carbons (Fsp3) is 0.556. The van der Waals surface area contributed by atoms with E-state index in [1.165, 1.54) is 19.1 Å². The lowest BCUT2D eigenvalue weighted by atomic mass is 9.85. The molecular formula is C18H24O4S. The number of carbonyl (C=O) groups is 2. The molecule has 1 saturated carbocycles. The lowest BCUT2D eigenvalue weighted by Crippen LogP contribution is -2.47. The lowest BCUT2D eigenvalue weighted by Gasteiger charge is -2.33. The molecule has 1 aliphatic rings. The van der Waals surface area contributed by atoms with E-state index in [0.717, 1.165) is 19.3 Å². The van der Waals surface area contributed by atoms with E-state index in [1.807, 2.05) is 0 Å². The average Bonchev–Trinajstić information content (AvgIpc) is 2.51. The highest BCUT2D eigenvalue weighted by atomic mass is 32.2. The van der Waals surface area contributed by atoms with E-state index in [0.29, 0.717) is 12.8 Å². The van der Waals surface area contributed by atoms with Crippen LogP contribution in [0.1, 0.15) is 58.3 Å². The van der Waals surface area contributed by atoms with Crippen LogP contribution in [0.2, 0.25) is 0 Å². The molecular weight excluding hydrogens is 312 g/mol. The topological polar surface area (TPSA) is 68.3 Å². The quantitative estimate of drug-likeness (QED) is 0.825. The summed E-state index contributed by atoms with van der Waals surface area (Å²) in [5.41, 5.74) is 0. The third-order valence-corrected chi connectivity index (χ3v) is 7.25. The monoisotopic (exact) mass is 336 g/mol. The minimum absolute atomic E-state index is 0.0810. The predicted molar refractivity (Wildman–Crippen MR) is 89.0 cm³/mol. The van der Waals surface area contributed by atoms with Crippen LogP contribution >= 0.6 is 0 Å². The maximum absolute atomic E-state index is 13.3. The molecule has 0 saturated heterocycles. The molecule has 2 rings (SSSR count). The molecule has 0 spiro atoms. The largest absolute Gasteiger partial charge is 0.300 e. The van der Waals surface area contributed by atoms with Crippen molar-refractivity contribution in [3.8, 4) is 0 Å². The van der Waals surface area contributed by atoms with Gasteiger partial charge in [-0.05, 0) is 38.3 Å². The molecule has 0 bridgehead atoms. The maximum atomic E-state index is 13.3. The Hall–Kier alpha value is -1.49. The second-order valence-electron chi connectivity index (χ2n) is 6.35. The summed E-state index contributed by atoms with van der Waals surface area (Å²) < 4.78 is 25.1. The fourth-order valence-electron chi connectivity index (χ4n) is 3.30. The van der Waals surface area contributed by atoms with Gasteiger partial charge in [0.1, 0.15) is 10.5 Å². The van der Waals surface area contributed by atoms with Crippen LogP contribution in [0, 0.1) is 0 Å². The summed E-state index contributed by atoms with van der Waals surface area (Å²) in [5, 5.41) is 0. The standard InChI is InChI=1S/C18H24O4S/c1-15(19)12-14-18(13-8-3-2-7-11-17(18)20)23(21,22)16-9-5-4-6-10-16/h4-6,9-10H,2-3,7-8,11-14H2,1H3. The molecule has 0 radical (unpaired) electrons. The van der Waals surface area contributed by atoms with E-state index in [1.54, 1.807) is 18.2 Å². The molecule has 1 unspecified atom stereocenters. The third-order valence-electron chi connectivity index (χ3n) is 4.69. The Labute approximate surface area is 138 Å². The van der Waals surface area contributed by atoms with Crippen molar-refractivity contribution in [3.05, 3.63) is 30.3 Å². The van der Waals surface area contributed by atoms with Gasteiger partial charge in [0.05, 0.1) is 4.90 Å². The van der Waals surface area contributed by atoms with Crippen LogP contribution in [0.15, 0.2) is 35.2 Å². The van der Waals surface area contributed by atoms with Crippen LogP contribution in [0.25, 0.3) is 0 Å². The highest BCUT2D eigenvalue weighted by Gasteiger charge is 2.49. The predicted octanol–water partition coefficient (Wildman–Crippen LogP) is 3.49. The first-order valence-corrected chi connectivity index (χ1v) is 9.71. The van der Waals surface area contributed by atoms with Crippen molar-refractivity contribution in [2.75, 3.05) is 0 Å². The molecule has 1 fully saturated rings. The number of hydrogen-bond donors (Lipinski definition) is 0. The second-order valence-corrected chi connectivity index (χ2v) is 8.61. The minimum Gasteiger partial charge on any atom is -0.300 e. The second kappa shape index (κ2) is 7.39. The van der Waals surface area contributed by atoms with Crippen molar-refractivity contribution < 1.29 is 18.0 Å². The van der Waals surface area contributed by atoms with Gasteiger partial charge >= 0.3 is 0 Å². The normalized spacial score (nSPS) is 23.1. The Morgan fingerprint density at radius 3 is 2.39 bits per heavy atom. The van der Waals surface area contributed by atoms with Gasteiger partial charge in [0.15, 0.2) is 15.6 Å². The molecule has 126 valence electrons. The lowest BCUT2D eigenvalue weighted by molar-refractivity contribution is -0.122. The maximum Gasteiger partial charge on any atom is 0.191 e. The van der Waals surface area contributed by atoms with Gasteiger partial charge in [0.2, 0.25) is 0 Å². The van der Waals surface area contributed by atoms with Crippen LogP contribution in [0.5, 0.6) is 0 Å². The van der Waals surface area contributed by atoms with Gasteiger partial charge < -0.3 is 4.79 Å². The Morgan fingerprint density at radius 1 is 1.09 bits per heavy atom. The SMILES string of the molecule is CC(=O)CCC1(S(=O)(=O)c2ccccc2)CCCCCCC1=O. The smallest absolute Gasteiger partial charge is 0.191 e. The average molecular weight is 336 g/mol. The van der Waals surface area contributed by atoms with Crippen LogP contribution in [0.4, 0.5) is 0 Å². The van der Waals surface area contributed by atoms with E-state index in [4.69, 9.17) is 0 Å². The first-order chi connectivity index (χ1) is 10.9. The van der Waals surface area contributed by atoms with Crippen molar-refractivity contribution in [2.45, 2.75) is 67.9 Å². The fourth-order valence-corrected chi connectivity index (χ4v) is 5.46. The Kier molecular flexibility index (Phi) is 5.74. The summed E-state index contributed by atoms with van der Waals surface area (Å²) in [7, 11) is -3.81. The molecule has 23 heavy (non-hydrogen) atoms. The van der Waals surface area contributed by atoms with Gasteiger partial charge in [0.25, 0.3) is 0 Å². The van der Waals surface area contributed by atoms with Crippen molar-refractivity contribution in [1.29, 1.82) is 0 Å². The van der Waals surface area contributed by atoms with Crippen molar-refractivity contribution in [1.82, 2.24) is 0 Å². The molecule has 0 amide bonds. The molecule has 1 atom stereocenters. The summed E-state index contributed by atoms with van der Waals surface area (Å²) in [5.74, 6) is -0.301. The number of rotatable bonds is 5.